The van der Waals surface area contributed by atoms with Gasteiger partial charge >= 0.3 is 0 Å². The van der Waals surface area contributed by atoms with E-state index in [-0.39, 0.29) is 11.9 Å². The normalized spacial score (nSPS) is 16.4. The van der Waals surface area contributed by atoms with Gasteiger partial charge in [-0.2, -0.15) is 0 Å². The lowest BCUT2D eigenvalue weighted by atomic mass is 10.1. The molecule has 1 aliphatic rings. The average molecular weight is 331 g/mol. The van der Waals surface area contributed by atoms with E-state index in [9.17, 15) is 4.79 Å². The molecule has 0 saturated carbocycles. The third kappa shape index (κ3) is 3.87. The van der Waals surface area contributed by atoms with Crippen molar-refractivity contribution in [2.75, 3.05) is 19.6 Å². The summed E-state index contributed by atoms with van der Waals surface area (Å²) in [4.78, 5) is 14.6. The molecule has 1 saturated heterocycles. The van der Waals surface area contributed by atoms with Crippen LogP contribution in [0.3, 0.4) is 0 Å². The fourth-order valence-corrected chi connectivity index (χ4v) is 3.34. The highest BCUT2D eigenvalue weighted by Crippen LogP contribution is 2.25. The van der Waals surface area contributed by atoms with E-state index in [2.05, 4.69) is 15.4 Å². The minimum absolute atomic E-state index is 0.0470. The number of carbonyl (C=O) groups is 1. The Hall–Kier alpha value is -2.08. The summed E-state index contributed by atoms with van der Waals surface area (Å²) < 4.78 is 10.7. The first-order chi connectivity index (χ1) is 11.6. The lowest BCUT2D eigenvalue weighted by Crippen LogP contribution is -2.36. The van der Waals surface area contributed by atoms with E-state index < -0.39 is 0 Å². The monoisotopic (exact) mass is 331 g/mol. The van der Waals surface area contributed by atoms with E-state index >= 15 is 0 Å². The summed E-state index contributed by atoms with van der Waals surface area (Å²) in [6, 6.07) is 4.00. The summed E-state index contributed by atoms with van der Waals surface area (Å²) in [7, 11) is 0. The molecule has 1 fully saturated rings. The molecule has 0 spiro atoms. The Morgan fingerprint density at radius 3 is 2.79 bits per heavy atom. The van der Waals surface area contributed by atoms with Crippen molar-refractivity contribution in [1.29, 1.82) is 0 Å². The predicted octanol–water partition coefficient (Wildman–Crippen LogP) is 2.77. The van der Waals surface area contributed by atoms with Gasteiger partial charge in [0.15, 0.2) is 0 Å². The van der Waals surface area contributed by atoms with E-state index in [1.54, 1.807) is 6.26 Å². The number of rotatable bonds is 7. The van der Waals surface area contributed by atoms with Crippen LogP contribution in [-0.2, 0) is 11.2 Å². The molecule has 0 aliphatic carbocycles. The highest BCUT2D eigenvalue weighted by Gasteiger charge is 2.25. The van der Waals surface area contributed by atoms with Crippen molar-refractivity contribution in [2.45, 2.75) is 45.6 Å². The number of furan rings is 1. The molecule has 24 heavy (non-hydrogen) atoms. The van der Waals surface area contributed by atoms with Crippen LogP contribution in [0.15, 0.2) is 27.3 Å². The minimum Gasteiger partial charge on any atom is -0.468 e. The standard InChI is InChI=1S/C18H25N3O3/c1-13-15(14(2)24-20-13)7-8-18(22)19-12-16(17-6-5-11-23-17)21-9-3-4-10-21/h5-6,11,16H,3-4,7-10,12H2,1-2H3,(H,19,22). The van der Waals surface area contributed by atoms with Crippen molar-refractivity contribution < 1.29 is 13.7 Å². The maximum absolute atomic E-state index is 12.2. The maximum Gasteiger partial charge on any atom is 0.220 e. The van der Waals surface area contributed by atoms with Gasteiger partial charge in [-0.15, -0.1) is 0 Å². The molecule has 0 aromatic carbocycles. The van der Waals surface area contributed by atoms with Crippen LogP contribution in [0.4, 0.5) is 0 Å². The Morgan fingerprint density at radius 2 is 2.17 bits per heavy atom. The van der Waals surface area contributed by atoms with Gasteiger partial charge in [0, 0.05) is 18.5 Å². The van der Waals surface area contributed by atoms with Crippen LogP contribution in [0.5, 0.6) is 0 Å². The lowest BCUT2D eigenvalue weighted by Gasteiger charge is -2.26. The minimum atomic E-state index is 0.0470. The number of amides is 1. The Morgan fingerprint density at radius 1 is 1.38 bits per heavy atom. The van der Waals surface area contributed by atoms with Crippen LogP contribution >= 0.6 is 0 Å². The molecule has 2 aromatic heterocycles. The lowest BCUT2D eigenvalue weighted by molar-refractivity contribution is -0.121. The van der Waals surface area contributed by atoms with Crippen LogP contribution in [0, 0.1) is 13.8 Å². The Kier molecular flexibility index (Phi) is 5.35. The molecule has 6 nitrogen and oxygen atoms in total. The van der Waals surface area contributed by atoms with Crippen molar-refractivity contribution >= 4 is 5.91 Å². The van der Waals surface area contributed by atoms with E-state index in [4.69, 9.17) is 8.94 Å². The van der Waals surface area contributed by atoms with Gasteiger partial charge in [0.1, 0.15) is 11.5 Å². The number of carbonyl (C=O) groups excluding carboxylic acids is 1. The summed E-state index contributed by atoms with van der Waals surface area (Å²) in [6.45, 7) is 6.48. The molecular formula is C18H25N3O3. The molecule has 6 heteroatoms. The largest absolute Gasteiger partial charge is 0.468 e. The number of nitrogens with zero attached hydrogens (tertiary/aromatic N) is 2. The Labute approximate surface area is 142 Å². The number of hydrogen-bond donors (Lipinski definition) is 1. The number of likely N-dealkylation sites (tertiary alicyclic amines) is 1. The molecular weight excluding hydrogens is 306 g/mol. The van der Waals surface area contributed by atoms with Crippen molar-refractivity contribution in [2.24, 2.45) is 0 Å². The smallest absolute Gasteiger partial charge is 0.220 e. The molecule has 0 bridgehead atoms. The molecule has 3 heterocycles. The zero-order valence-electron chi connectivity index (χ0n) is 14.4. The third-order valence-corrected chi connectivity index (χ3v) is 4.73. The molecule has 130 valence electrons. The number of aromatic nitrogens is 1. The number of nitrogens with one attached hydrogen (secondary N) is 1. The van der Waals surface area contributed by atoms with Crippen molar-refractivity contribution in [1.82, 2.24) is 15.4 Å². The summed E-state index contributed by atoms with van der Waals surface area (Å²) in [6.07, 6.45) is 5.20. The van der Waals surface area contributed by atoms with Gasteiger partial charge in [-0.25, -0.2) is 0 Å². The zero-order valence-corrected chi connectivity index (χ0v) is 14.4. The molecule has 1 N–H and O–H groups in total. The number of aryl methyl sites for hydroxylation is 2. The molecule has 0 radical (unpaired) electrons. The summed E-state index contributed by atoms with van der Waals surface area (Å²) >= 11 is 0. The van der Waals surface area contributed by atoms with Crippen molar-refractivity contribution in [3.63, 3.8) is 0 Å². The van der Waals surface area contributed by atoms with Gasteiger partial charge in [0.05, 0.1) is 18.0 Å². The summed E-state index contributed by atoms with van der Waals surface area (Å²) in [5.41, 5.74) is 1.90. The second kappa shape index (κ2) is 7.66. The van der Waals surface area contributed by atoms with Gasteiger partial charge in [-0.05, 0) is 58.3 Å². The van der Waals surface area contributed by atoms with Crippen LogP contribution in [-0.4, -0.2) is 35.6 Å². The Bertz CT molecular complexity index is 638. The first kappa shape index (κ1) is 16.8. The maximum atomic E-state index is 12.2. The molecule has 1 unspecified atom stereocenters. The predicted molar refractivity (Wildman–Crippen MR) is 89.6 cm³/mol. The van der Waals surface area contributed by atoms with Gasteiger partial charge in [-0.1, -0.05) is 5.16 Å². The molecule has 1 amide bonds. The fourth-order valence-electron chi connectivity index (χ4n) is 3.34. The fraction of sp³-hybridized carbons (Fsp3) is 0.556. The highest BCUT2D eigenvalue weighted by molar-refractivity contribution is 5.76. The summed E-state index contributed by atoms with van der Waals surface area (Å²) in [5, 5.41) is 6.99. The first-order valence-electron chi connectivity index (χ1n) is 8.61. The number of hydrogen-bond acceptors (Lipinski definition) is 5. The van der Waals surface area contributed by atoms with Gasteiger partial charge < -0.3 is 14.3 Å². The van der Waals surface area contributed by atoms with Crippen molar-refractivity contribution in [3.05, 3.63) is 41.2 Å². The van der Waals surface area contributed by atoms with Gasteiger partial charge in [0.25, 0.3) is 0 Å². The topological polar surface area (TPSA) is 71.5 Å². The second-order valence-electron chi connectivity index (χ2n) is 6.38. The van der Waals surface area contributed by atoms with Gasteiger partial charge in [-0.3, -0.25) is 9.69 Å². The molecule has 1 aliphatic heterocycles. The van der Waals surface area contributed by atoms with Crippen LogP contribution in [0.1, 0.15) is 48.1 Å². The average Bonchev–Trinajstić information content (AvgIpc) is 3.31. The van der Waals surface area contributed by atoms with E-state index in [0.29, 0.717) is 19.4 Å². The van der Waals surface area contributed by atoms with E-state index in [1.165, 1.54) is 12.8 Å². The quantitative estimate of drug-likeness (QED) is 0.845. The van der Waals surface area contributed by atoms with E-state index in [1.807, 2.05) is 26.0 Å². The van der Waals surface area contributed by atoms with Gasteiger partial charge in [0.2, 0.25) is 5.91 Å². The van der Waals surface area contributed by atoms with Crippen LogP contribution < -0.4 is 5.32 Å². The third-order valence-electron chi connectivity index (χ3n) is 4.73. The zero-order chi connectivity index (χ0) is 16.9. The molecule has 1 atom stereocenters. The first-order valence-corrected chi connectivity index (χ1v) is 8.61. The Balaban J connectivity index is 1.53. The van der Waals surface area contributed by atoms with E-state index in [0.717, 1.165) is 35.9 Å². The second-order valence-corrected chi connectivity index (χ2v) is 6.38. The van der Waals surface area contributed by atoms with Crippen molar-refractivity contribution in [3.8, 4) is 0 Å². The van der Waals surface area contributed by atoms with Crippen LogP contribution in [0.2, 0.25) is 0 Å². The highest BCUT2D eigenvalue weighted by atomic mass is 16.5. The summed E-state index contributed by atoms with van der Waals surface area (Å²) in [5.74, 6) is 1.76. The SMILES string of the molecule is Cc1noc(C)c1CCC(=O)NCC(c1ccco1)N1CCCC1. The molecule has 2 aromatic rings. The molecule has 3 rings (SSSR count). The van der Waals surface area contributed by atoms with Crippen LogP contribution in [0.25, 0.3) is 0 Å².